The van der Waals surface area contributed by atoms with Crippen LogP contribution in [-0.4, -0.2) is 50.4 Å². The summed E-state index contributed by atoms with van der Waals surface area (Å²) in [7, 11) is 0. The first-order valence-corrected chi connectivity index (χ1v) is 11.6. The van der Waals surface area contributed by atoms with Crippen molar-refractivity contribution in [3.63, 3.8) is 0 Å². The molecule has 0 radical (unpaired) electrons. The van der Waals surface area contributed by atoms with Crippen LogP contribution in [0.5, 0.6) is 11.5 Å². The van der Waals surface area contributed by atoms with Crippen molar-refractivity contribution >= 4 is 11.6 Å². The van der Waals surface area contributed by atoms with Crippen molar-refractivity contribution in [3.05, 3.63) is 71.5 Å². The molecule has 0 saturated heterocycles. The van der Waals surface area contributed by atoms with E-state index in [2.05, 4.69) is 43.2 Å². The van der Waals surface area contributed by atoms with Gasteiger partial charge in [-0.2, -0.15) is 0 Å². The number of benzene rings is 2. The first kappa shape index (κ1) is 25.0. The first-order valence-electron chi connectivity index (χ1n) is 11.0. The highest BCUT2D eigenvalue weighted by molar-refractivity contribution is 6.18. The maximum Gasteiger partial charge on any atom is 0.119 e. The third kappa shape index (κ3) is 6.69. The predicted molar refractivity (Wildman–Crippen MR) is 128 cm³/mol. The SMILES string of the molecule is CC(CCl)COc1ccc(C(C)(C)c2ccc(OCC(O)Cn3nncc3CO)cc2)cc1. The van der Waals surface area contributed by atoms with Crippen molar-refractivity contribution in [2.45, 2.75) is 45.4 Å². The van der Waals surface area contributed by atoms with Gasteiger partial charge in [-0.15, -0.1) is 16.7 Å². The van der Waals surface area contributed by atoms with Gasteiger partial charge in [0.1, 0.15) is 24.2 Å². The van der Waals surface area contributed by atoms with Crippen LogP contribution in [0.25, 0.3) is 0 Å². The molecule has 1 aromatic heterocycles. The maximum atomic E-state index is 10.2. The number of rotatable bonds is 12. The molecule has 178 valence electrons. The Morgan fingerprint density at radius 1 is 0.970 bits per heavy atom. The summed E-state index contributed by atoms with van der Waals surface area (Å²) >= 11 is 5.84. The lowest BCUT2D eigenvalue weighted by atomic mass is 9.78. The third-order valence-corrected chi connectivity index (χ3v) is 6.16. The van der Waals surface area contributed by atoms with Crippen LogP contribution in [-0.2, 0) is 18.6 Å². The average Bonchev–Trinajstić information content (AvgIpc) is 3.28. The molecule has 0 fully saturated rings. The van der Waals surface area contributed by atoms with Crippen LogP contribution in [0.15, 0.2) is 54.7 Å². The van der Waals surface area contributed by atoms with Crippen molar-refractivity contribution in [1.82, 2.24) is 15.0 Å². The second-order valence-corrected chi connectivity index (χ2v) is 9.08. The van der Waals surface area contributed by atoms with Crippen LogP contribution in [0.3, 0.4) is 0 Å². The van der Waals surface area contributed by atoms with E-state index in [9.17, 15) is 10.2 Å². The number of hydrogen-bond donors (Lipinski definition) is 2. The molecule has 0 saturated carbocycles. The highest BCUT2D eigenvalue weighted by atomic mass is 35.5. The quantitative estimate of drug-likeness (QED) is 0.389. The van der Waals surface area contributed by atoms with E-state index in [1.165, 1.54) is 16.4 Å². The fourth-order valence-corrected chi connectivity index (χ4v) is 3.47. The van der Waals surface area contributed by atoms with Crippen LogP contribution in [0, 0.1) is 5.92 Å². The summed E-state index contributed by atoms with van der Waals surface area (Å²) in [5.74, 6) is 2.40. The molecule has 1 heterocycles. The molecule has 2 N–H and O–H groups in total. The van der Waals surface area contributed by atoms with E-state index in [0.29, 0.717) is 29.8 Å². The van der Waals surface area contributed by atoms with Gasteiger partial charge in [-0.3, -0.25) is 0 Å². The summed E-state index contributed by atoms with van der Waals surface area (Å²) in [6.45, 7) is 7.14. The molecule has 0 aliphatic heterocycles. The summed E-state index contributed by atoms with van der Waals surface area (Å²) in [5.41, 5.74) is 2.67. The predicted octanol–water partition coefficient (Wildman–Crippen LogP) is 3.79. The molecule has 7 nitrogen and oxygen atoms in total. The van der Waals surface area contributed by atoms with Crippen LogP contribution in [0.2, 0.25) is 0 Å². The molecule has 2 aromatic carbocycles. The zero-order valence-electron chi connectivity index (χ0n) is 19.3. The number of nitrogens with zero attached hydrogens (tertiary/aromatic N) is 3. The number of hydrogen-bond acceptors (Lipinski definition) is 6. The van der Waals surface area contributed by atoms with E-state index in [-0.39, 0.29) is 25.2 Å². The van der Waals surface area contributed by atoms with Gasteiger partial charge in [-0.05, 0) is 35.4 Å². The third-order valence-electron chi connectivity index (χ3n) is 5.64. The van der Waals surface area contributed by atoms with E-state index in [4.69, 9.17) is 21.1 Å². The number of alkyl halides is 1. The minimum absolute atomic E-state index is 0.108. The molecule has 0 aliphatic carbocycles. The zero-order chi connectivity index (χ0) is 23.8. The van der Waals surface area contributed by atoms with Gasteiger partial charge >= 0.3 is 0 Å². The molecule has 2 atom stereocenters. The van der Waals surface area contributed by atoms with Crippen LogP contribution >= 0.6 is 11.6 Å². The second kappa shape index (κ2) is 11.5. The standard InChI is InChI=1S/C25H32ClN3O4/c1-18(12-26)16-32-23-8-4-19(5-9-23)25(2,3)20-6-10-24(11-7-20)33-17-22(31)14-29-21(15-30)13-27-28-29/h4-11,13,18,22,30-31H,12,14-17H2,1-3H3. The van der Waals surface area contributed by atoms with Crippen molar-refractivity contribution in [1.29, 1.82) is 0 Å². The lowest BCUT2D eigenvalue weighted by molar-refractivity contribution is 0.0866. The molecule has 3 rings (SSSR count). The molecule has 0 bridgehead atoms. The normalized spacial score (nSPS) is 13.5. The Morgan fingerprint density at radius 3 is 2.03 bits per heavy atom. The van der Waals surface area contributed by atoms with E-state index < -0.39 is 6.10 Å². The van der Waals surface area contributed by atoms with Crippen LogP contribution < -0.4 is 9.47 Å². The van der Waals surface area contributed by atoms with Gasteiger partial charge in [0.15, 0.2) is 0 Å². The fraction of sp³-hybridized carbons (Fsp3) is 0.440. The Hall–Kier alpha value is -2.61. The summed E-state index contributed by atoms with van der Waals surface area (Å²) in [6.07, 6.45) is 0.692. The Balaban J connectivity index is 1.56. The second-order valence-electron chi connectivity index (χ2n) is 8.77. The van der Waals surface area contributed by atoms with Crippen molar-refractivity contribution in [3.8, 4) is 11.5 Å². The largest absolute Gasteiger partial charge is 0.493 e. The van der Waals surface area contributed by atoms with Gasteiger partial charge in [0.05, 0.1) is 31.6 Å². The van der Waals surface area contributed by atoms with E-state index >= 15 is 0 Å². The van der Waals surface area contributed by atoms with Gasteiger partial charge in [-0.1, -0.05) is 50.3 Å². The molecular weight excluding hydrogens is 442 g/mol. The summed E-state index contributed by atoms with van der Waals surface area (Å²) < 4.78 is 13.0. The number of aromatic nitrogens is 3. The molecule has 33 heavy (non-hydrogen) atoms. The number of aliphatic hydroxyl groups is 2. The maximum absolute atomic E-state index is 10.2. The van der Waals surface area contributed by atoms with E-state index in [1.54, 1.807) is 0 Å². The minimum atomic E-state index is -0.777. The molecule has 8 heteroatoms. The number of aliphatic hydroxyl groups excluding tert-OH is 2. The smallest absolute Gasteiger partial charge is 0.119 e. The first-order chi connectivity index (χ1) is 15.8. The number of ether oxygens (including phenoxy) is 2. The monoisotopic (exact) mass is 473 g/mol. The highest BCUT2D eigenvalue weighted by Crippen LogP contribution is 2.33. The van der Waals surface area contributed by atoms with Crippen LogP contribution in [0.1, 0.15) is 37.6 Å². The lowest BCUT2D eigenvalue weighted by Crippen LogP contribution is -2.25. The highest BCUT2D eigenvalue weighted by Gasteiger charge is 2.23. The van der Waals surface area contributed by atoms with Gasteiger partial charge in [0.2, 0.25) is 0 Å². The van der Waals surface area contributed by atoms with E-state index in [1.807, 2.05) is 36.4 Å². The Labute approximate surface area is 199 Å². The zero-order valence-corrected chi connectivity index (χ0v) is 20.1. The Bertz CT molecular complexity index is 990. The van der Waals surface area contributed by atoms with Gasteiger partial charge in [0.25, 0.3) is 0 Å². The van der Waals surface area contributed by atoms with Crippen molar-refractivity contribution < 1.29 is 19.7 Å². The minimum Gasteiger partial charge on any atom is -0.493 e. The summed E-state index contributed by atoms with van der Waals surface area (Å²) in [4.78, 5) is 0. The van der Waals surface area contributed by atoms with Gasteiger partial charge in [-0.25, -0.2) is 4.68 Å². The van der Waals surface area contributed by atoms with Crippen molar-refractivity contribution in [2.75, 3.05) is 19.1 Å². The molecule has 3 aromatic rings. The summed E-state index contributed by atoms with van der Waals surface area (Å²) in [6, 6.07) is 16.1. The molecule has 2 unspecified atom stereocenters. The average molecular weight is 474 g/mol. The molecule has 0 spiro atoms. The lowest BCUT2D eigenvalue weighted by Gasteiger charge is -2.26. The van der Waals surface area contributed by atoms with Crippen LogP contribution in [0.4, 0.5) is 0 Å². The molecule has 0 aliphatic rings. The Kier molecular flexibility index (Phi) is 8.72. The van der Waals surface area contributed by atoms with Gasteiger partial charge < -0.3 is 19.7 Å². The summed E-state index contributed by atoms with van der Waals surface area (Å²) in [5, 5.41) is 27.1. The van der Waals surface area contributed by atoms with E-state index in [0.717, 1.165) is 11.3 Å². The van der Waals surface area contributed by atoms with Gasteiger partial charge in [0, 0.05) is 17.2 Å². The van der Waals surface area contributed by atoms with Crippen molar-refractivity contribution in [2.24, 2.45) is 5.92 Å². The Morgan fingerprint density at radius 2 is 1.52 bits per heavy atom. The molecule has 0 amide bonds. The number of halogens is 1. The molecular formula is C25H32ClN3O4. The topological polar surface area (TPSA) is 89.6 Å². The fourth-order valence-electron chi connectivity index (χ4n) is 3.39.